The average molecular weight is 321 g/mol. The van der Waals surface area contributed by atoms with Gasteiger partial charge in [0, 0.05) is 21.9 Å². The van der Waals surface area contributed by atoms with Gasteiger partial charge in [-0.15, -0.1) is 0 Å². The number of aromatic nitrogens is 2. The van der Waals surface area contributed by atoms with Gasteiger partial charge in [-0.05, 0) is 25.3 Å². The fraction of sp³-hybridized carbons (Fsp3) is 0.286. The number of fused-ring (bicyclic) bond motifs is 1. The summed E-state index contributed by atoms with van der Waals surface area (Å²) in [5, 5.41) is 9.38. The fourth-order valence-corrected chi connectivity index (χ4v) is 3.07. The van der Waals surface area contributed by atoms with Crippen LogP contribution in [0, 0.1) is 0 Å². The molecule has 1 unspecified atom stereocenters. The molecular formula is C14H13BrN2O2. The molecule has 4 nitrogen and oxygen atoms in total. The van der Waals surface area contributed by atoms with Crippen LogP contribution in [-0.2, 0) is 11.2 Å². The van der Waals surface area contributed by atoms with Gasteiger partial charge in [0.25, 0.3) is 0 Å². The Hall–Kier alpha value is -1.62. The van der Waals surface area contributed by atoms with Crippen molar-refractivity contribution < 1.29 is 9.90 Å². The number of benzene rings is 1. The highest BCUT2D eigenvalue weighted by Gasteiger charge is 2.29. The van der Waals surface area contributed by atoms with Crippen LogP contribution in [0.2, 0.25) is 0 Å². The van der Waals surface area contributed by atoms with E-state index in [0.29, 0.717) is 6.42 Å². The predicted molar refractivity (Wildman–Crippen MR) is 75.0 cm³/mol. The Morgan fingerprint density at radius 3 is 2.95 bits per heavy atom. The lowest BCUT2D eigenvalue weighted by molar-refractivity contribution is -0.141. The number of carbonyl (C=O) groups is 1. The minimum atomic E-state index is -0.785. The lowest BCUT2D eigenvalue weighted by Gasteiger charge is -2.24. The Morgan fingerprint density at radius 1 is 1.42 bits per heavy atom. The molecule has 0 saturated carbocycles. The van der Waals surface area contributed by atoms with Crippen molar-refractivity contribution in [2.45, 2.75) is 25.3 Å². The molecule has 19 heavy (non-hydrogen) atoms. The molecule has 0 aliphatic carbocycles. The quantitative estimate of drug-likeness (QED) is 0.923. The van der Waals surface area contributed by atoms with Gasteiger partial charge in [0.1, 0.15) is 11.9 Å². The van der Waals surface area contributed by atoms with Crippen molar-refractivity contribution >= 4 is 21.9 Å². The third kappa shape index (κ3) is 2.08. The highest BCUT2D eigenvalue weighted by molar-refractivity contribution is 9.10. The van der Waals surface area contributed by atoms with E-state index < -0.39 is 12.0 Å². The molecule has 1 aromatic heterocycles. The molecule has 1 aliphatic rings. The van der Waals surface area contributed by atoms with Gasteiger partial charge >= 0.3 is 5.97 Å². The van der Waals surface area contributed by atoms with Gasteiger partial charge in [-0.2, -0.15) is 0 Å². The van der Waals surface area contributed by atoms with Crippen molar-refractivity contribution in [1.29, 1.82) is 0 Å². The fourth-order valence-electron chi connectivity index (χ4n) is 2.61. The maximum absolute atomic E-state index is 11.4. The molecule has 2 heterocycles. The van der Waals surface area contributed by atoms with Crippen LogP contribution in [-0.4, -0.2) is 20.6 Å². The molecule has 1 aliphatic heterocycles. The molecule has 5 heteroatoms. The summed E-state index contributed by atoms with van der Waals surface area (Å²) in [5.74, 6) is -0.0539. The number of aliphatic carboxylic acids is 1. The second-order valence-corrected chi connectivity index (χ2v) is 5.52. The van der Waals surface area contributed by atoms with E-state index in [1.807, 2.05) is 28.8 Å². The number of hydrogen-bond acceptors (Lipinski definition) is 2. The Kier molecular flexibility index (Phi) is 3.14. The largest absolute Gasteiger partial charge is 0.480 e. The van der Waals surface area contributed by atoms with E-state index in [1.54, 1.807) is 6.20 Å². The summed E-state index contributed by atoms with van der Waals surface area (Å²) < 4.78 is 2.80. The monoisotopic (exact) mass is 320 g/mol. The zero-order chi connectivity index (χ0) is 13.4. The minimum absolute atomic E-state index is 0.506. The second kappa shape index (κ2) is 4.81. The number of hydrogen-bond donors (Lipinski definition) is 1. The molecule has 0 amide bonds. The van der Waals surface area contributed by atoms with E-state index in [9.17, 15) is 9.90 Å². The van der Waals surface area contributed by atoms with E-state index in [2.05, 4.69) is 20.9 Å². The molecule has 0 spiro atoms. The van der Waals surface area contributed by atoms with E-state index >= 15 is 0 Å². The van der Waals surface area contributed by atoms with Crippen molar-refractivity contribution in [2.75, 3.05) is 0 Å². The van der Waals surface area contributed by atoms with Crippen molar-refractivity contribution in [3.8, 4) is 11.4 Å². The zero-order valence-electron chi connectivity index (χ0n) is 10.2. The van der Waals surface area contributed by atoms with Crippen LogP contribution in [0.3, 0.4) is 0 Å². The first-order chi connectivity index (χ1) is 9.18. The lowest BCUT2D eigenvalue weighted by atomic mass is 10.0. The molecule has 2 aromatic rings. The highest BCUT2D eigenvalue weighted by atomic mass is 79.9. The number of aryl methyl sites for hydroxylation is 1. The molecule has 1 atom stereocenters. The van der Waals surface area contributed by atoms with Crippen LogP contribution in [0.1, 0.15) is 24.6 Å². The van der Waals surface area contributed by atoms with Crippen molar-refractivity contribution in [2.24, 2.45) is 0 Å². The van der Waals surface area contributed by atoms with Gasteiger partial charge in [0.15, 0.2) is 0 Å². The van der Waals surface area contributed by atoms with Gasteiger partial charge in [0.05, 0.1) is 0 Å². The summed E-state index contributed by atoms with van der Waals surface area (Å²) in [5.41, 5.74) is 1.94. The summed E-state index contributed by atoms with van der Waals surface area (Å²) in [4.78, 5) is 15.9. The topological polar surface area (TPSA) is 55.1 Å². The predicted octanol–water partition coefficient (Wildman–Crippen LogP) is 3.27. The third-order valence-electron chi connectivity index (χ3n) is 3.50. The molecule has 1 aromatic carbocycles. The zero-order valence-corrected chi connectivity index (χ0v) is 11.8. The Morgan fingerprint density at radius 2 is 2.21 bits per heavy atom. The molecule has 0 bridgehead atoms. The van der Waals surface area contributed by atoms with E-state index in [-0.39, 0.29) is 0 Å². The Bertz CT molecular complexity index is 636. The first-order valence-corrected chi connectivity index (χ1v) is 7.01. The smallest absolute Gasteiger partial charge is 0.326 e. The van der Waals surface area contributed by atoms with Gasteiger partial charge in [0.2, 0.25) is 0 Å². The Labute approximate surface area is 119 Å². The maximum Gasteiger partial charge on any atom is 0.326 e. The van der Waals surface area contributed by atoms with Gasteiger partial charge < -0.3 is 9.67 Å². The molecule has 3 rings (SSSR count). The van der Waals surface area contributed by atoms with Crippen LogP contribution in [0.15, 0.2) is 34.9 Å². The second-order valence-electron chi connectivity index (χ2n) is 4.67. The molecular weight excluding hydrogens is 308 g/mol. The molecule has 0 radical (unpaired) electrons. The van der Waals surface area contributed by atoms with Gasteiger partial charge in [-0.1, -0.05) is 34.1 Å². The van der Waals surface area contributed by atoms with Gasteiger partial charge in [-0.25, -0.2) is 9.78 Å². The number of rotatable bonds is 2. The number of carboxylic acid groups (broad SMARTS) is 1. The van der Waals surface area contributed by atoms with E-state index in [1.165, 1.54) is 0 Å². The van der Waals surface area contributed by atoms with Crippen molar-refractivity contribution in [3.63, 3.8) is 0 Å². The van der Waals surface area contributed by atoms with Crippen LogP contribution < -0.4 is 0 Å². The van der Waals surface area contributed by atoms with Crippen molar-refractivity contribution in [1.82, 2.24) is 9.55 Å². The Balaban J connectivity index is 2.17. The maximum atomic E-state index is 11.4. The van der Waals surface area contributed by atoms with Crippen LogP contribution in [0.4, 0.5) is 0 Å². The molecule has 98 valence electrons. The minimum Gasteiger partial charge on any atom is -0.480 e. The SMILES string of the molecule is O=C(O)C1CCCc2cnc(-c3ccccc3Br)n21. The summed E-state index contributed by atoms with van der Waals surface area (Å²) in [6.45, 7) is 0. The van der Waals surface area contributed by atoms with Crippen LogP contribution in [0.5, 0.6) is 0 Å². The molecule has 1 N–H and O–H groups in total. The summed E-state index contributed by atoms with van der Waals surface area (Å²) in [6, 6.07) is 7.25. The number of carboxylic acids is 1. The first-order valence-electron chi connectivity index (χ1n) is 6.22. The normalized spacial score (nSPS) is 18.1. The summed E-state index contributed by atoms with van der Waals surface area (Å²) in [7, 11) is 0. The van der Waals surface area contributed by atoms with Crippen LogP contribution in [0.25, 0.3) is 11.4 Å². The third-order valence-corrected chi connectivity index (χ3v) is 4.19. The first kappa shape index (κ1) is 12.4. The summed E-state index contributed by atoms with van der Waals surface area (Å²) >= 11 is 3.50. The van der Waals surface area contributed by atoms with Gasteiger partial charge in [-0.3, -0.25) is 0 Å². The van der Waals surface area contributed by atoms with E-state index in [4.69, 9.17) is 0 Å². The standard InChI is InChI=1S/C14H13BrN2O2/c15-11-6-2-1-5-10(11)13-16-8-9-4-3-7-12(14(18)19)17(9)13/h1-2,5-6,8,12H,3-4,7H2,(H,18,19). The van der Waals surface area contributed by atoms with Crippen molar-refractivity contribution in [3.05, 3.63) is 40.6 Å². The average Bonchev–Trinajstić information content (AvgIpc) is 2.82. The van der Waals surface area contributed by atoms with Crippen LogP contribution >= 0.6 is 15.9 Å². The molecule has 0 fully saturated rings. The number of imidazole rings is 1. The highest BCUT2D eigenvalue weighted by Crippen LogP contribution is 2.34. The number of nitrogens with zero attached hydrogens (tertiary/aromatic N) is 2. The van der Waals surface area contributed by atoms with E-state index in [0.717, 1.165) is 34.4 Å². The number of halogens is 1. The summed E-state index contributed by atoms with van der Waals surface area (Å²) in [6.07, 6.45) is 4.25. The lowest BCUT2D eigenvalue weighted by Crippen LogP contribution is -2.25. The molecule has 0 saturated heterocycles.